The van der Waals surface area contributed by atoms with Crippen LogP contribution in [-0.2, 0) is 13.1 Å². The maximum Gasteiger partial charge on any atom is 0.151 e. The molecule has 1 aromatic heterocycles. The lowest BCUT2D eigenvalue weighted by molar-refractivity contribution is 0.241. The molecule has 1 unspecified atom stereocenters. The van der Waals surface area contributed by atoms with E-state index in [1.165, 1.54) is 6.42 Å². The molecule has 5 heteroatoms. The Bertz CT molecular complexity index is 377. The fourth-order valence-electron chi connectivity index (χ4n) is 2.50. The lowest BCUT2D eigenvalue weighted by Crippen LogP contribution is -2.31. The monoisotopic (exact) mass is 266 g/mol. The van der Waals surface area contributed by atoms with E-state index >= 15 is 0 Å². The summed E-state index contributed by atoms with van der Waals surface area (Å²) < 4.78 is 5.41. The molecule has 0 aromatic carbocycles. The SMILES string of the molecule is CCCNCc1cc(CN2CCC(N(C)C)C2)on1. The van der Waals surface area contributed by atoms with E-state index in [4.69, 9.17) is 4.52 Å². The molecule has 0 spiro atoms. The molecule has 0 aliphatic carbocycles. The molecule has 19 heavy (non-hydrogen) atoms. The van der Waals surface area contributed by atoms with Crippen molar-refractivity contribution in [1.82, 2.24) is 20.3 Å². The summed E-state index contributed by atoms with van der Waals surface area (Å²) >= 11 is 0. The van der Waals surface area contributed by atoms with Gasteiger partial charge in [0, 0.05) is 31.7 Å². The van der Waals surface area contributed by atoms with Crippen molar-refractivity contribution in [1.29, 1.82) is 0 Å². The minimum absolute atomic E-state index is 0.675. The second-order valence-corrected chi connectivity index (χ2v) is 5.60. The first-order valence-corrected chi connectivity index (χ1v) is 7.23. The summed E-state index contributed by atoms with van der Waals surface area (Å²) in [4.78, 5) is 4.74. The van der Waals surface area contributed by atoms with Gasteiger partial charge in [-0.25, -0.2) is 0 Å². The topological polar surface area (TPSA) is 44.5 Å². The van der Waals surface area contributed by atoms with Gasteiger partial charge >= 0.3 is 0 Å². The first-order chi connectivity index (χ1) is 9.19. The van der Waals surface area contributed by atoms with Gasteiger partial charge in [0.2, 0.25) is 0 Å². The van der Waals surface area contributed by atoms with Crippen molar-refractivity contribution in [3.8, 4) is 0 Å². The number of nitrogens with zero attached hydrogens (tertiary/aromatic N) is 3. The number of hydrogen-bond acceptors (Lipinski definition) is 5. The van der Waals surface area contributed by atoms with Crippen LogP contribution in [0.15, 0.2) is 10.6 Å². The zero-order valence-electron chi connectivity index (χ0n) is 12.4. The number of hydrogen-bond donors (Lipinski definition) is 1. The molecule has 1 fully saturated rings. The van der Waals surface area contributed by atoms with Crippen LogP contribution in [0.2, 0.25) is 0 Å². The van der Waals surface area contributed by atoms with Gasteiger partial charge in [-0.15, -0.1) is 0 Å². The largest absolute Gasteiger partial charge is 0.360 e. The highest BCUT2D eigenvalue weighted by Crippen LogP contribution is 2.16. The Kier molecular flexibility index (Phi) is 5.36. The number of rotatable bonds is 7. The van der Waals surface area contributed by atoms with Crippen LogP contribution in [0, 0.1) is 0 Å². The van der Waals surface area contributed by atoms with Gasteiger partial charge in [-0.1, -0.05) is 12.1 Å². The predicted octanol–water partition coefficient (Wildman–Crippen LogP) is 1.31. The third kappa shape index (κ3) is 4.30. The molecule has 2 rings (SSSR count). The van der Waals surface area contributed by atoms with E-state index in [2.05, 4.69) is 47.4 Å². The zero-order chi connectivity index (χ0) is 13.7. The molecule has 0 radical (unpaired) electrons. The smallest absolute Gasteiger partial charge is 0.151 e. The van der Waals surface area contributed by atoms with E-state index in [9.17, 15) is 0 Å². The molecule has 0 bridgehead atoms. The third-order valence-corrected chi connectivity index (χ3v) is 3.70. The Labute approximate surface area is 115 Å². The quantitative estimate of drug-likeness (QED) is 0.754. The summed E-state index contributed by atoms with van der Waals surface area (Å²) in [6, 6.07) is 2.75. The predicted molar refractivity (Wildman–Crippen MR) is 75.9 cm³/mol. The second kappa shape index (κ2) is 7.03. The Morgan fingerprint density at radius 3 is 3.05 bits per heavy atom. The van der Waals surface area contributed by atoms with E-state index in [0.29, 0.717) is 6.04 Å². The Morgan fingerprint density at radius 1 is 1.53 bits per heavy atom. The molecule has 0 saturated carbocycles. The number of likely N-dealkylation sites (tertiary alicyclic amines) is 1. The average Bonchev–Trinajstić information content (AvgIpc) is 3.00. The van der Waals surface area contributed by atoms with Crippen LogP contribution >= 0.6 is 0 Å². The van der Waals surface area contributed by atoms with E-state index in [0.717, 1.165) is 50.6 Å². The molecular weight excluding hydrogens is 240 g/mol. The van der Waals surface area contributed by atoms with Gasteiger partial charge in [-0.05, 0) is 33.5 Å². The average molecular weight is 266 g/mol. The Balaban J connectivity index is 1.77. The molecule has 1 saturated heterocycles. The standard InChI is InChI=1S/C14H26N4O/c1-4-6-15-9-12-8-14(19-16-12)11-18-7-5-13(10-18)17(2)3/h8,13,15H,4-7,9-11H2,1-3H3. The van der Waals surface area contributed by atoms with Crippen LogP contribution in [0.3, 0.4) is 0 Å². The van der Waals surface area contributed by atoms with Crippen molar-refractivity contribution in [3.05, 3.63) is 17.5 Å². The number of likely N-dealkylation sites (N-methyl/N-ethyl adjacent to an activating group) is 1. The Morgan fingerprint density at radius 2 is 2.37 bits per heavy atom. The van der Waals surface area contributed by atoms with E-state index in [1.807, 2.05) is 0 Å². The van der Waals surface area contributed by atoms with Crippen molar-refractivity contribution >= 4 is 0 Å². The van der Waals surface area contributed by atoms with Gasteiger partial charge in [0.1, 0.15) is 0 Å². The van der Waals surface area contributed by atoms with E-state index in [1.54, 1.807) is 0 Å². The summed E-state index contributed by atoms with van der Waals surface area (Å²) in [5.41, 5.74) is 1.01. The molecule has 1 atom stereocenters. The summed E-state index contributed by atoms with van der Waals surface area (Å²) in [7, 11) is 4.31. The van der Waals surface area contributed by atoms with Gasteiger partial charge in [0.15, 0.2) is 5.76 Å². The highest BCUT2D eigenvalue weighted by Gasteiger charge is 2.24. The zero-order valence-corrected chi connectivity index (χ0v) is 12.4. The number of aromatic nitrogens is 1. The first-order valence-electron chi connectivity index (χ1n) is 7.23. The molecule has 1 aliphatic heterocycles. The summed E-state index contributed by atoms with van der Waals surface area (Å²) in [5.74, 6) is 0.979. The normalized spacial score (nSPS) is 20.5. The number of nitrogens with one attached hydrogen (secondary N) is 1. The molecular formula is C14H26N4O. The second-order valence-electron chi connectivity index (χ2n) is 5.60. The van der Waals surface area contributed by atoms with Crippen LogP contribution in [-0.4, -0.2) is 54.7 Å². The van der Waals surface area contributed by atoms with Gasteiger partial charge in [-0.3, -0.25) is 4.90 Å². The minimum Gasteiger partial charge on any atom is -0.360 e. The molecule has 5 nitrogen and oxygen atoms in total. The fraction of sp³-hybridized carbons (Fsp3) is 0.786. The van der Waals surface area contributed by atoms with E-state index < -0.39 is 0 Å². The summed E-state index contributed by atoms with van der Waals surface area (Å²) in [6.45, 7) is 7.14. The van der Waals surface area contributed by atoms with Crippen LogP contribution in [0.4, 0.5) is 0 Å². The molecule has 1 aliphatic rings. The molecule has 1 N–H and O–H groups in total. The van der Waals surface area contributed by atoms with Gasteiger partial charge in [0.05, 0.1) is 12.2 Å². The van der Waals surface area contributed by atoms with Crippen molar-refractivity contribution in [3.63, 3.8) is 0 Å². The summed E-state index contributed by atoms with van der Waals surface area (Å²) in [5, 5.41) is 7.45. The maximum absolute atomic E-state index is 5.41. The lowest BCUT2D eigenvalue weighted by Gasteiger charge is -2.19. The molecule has 2 heterocycles. The third-order valence-electron chi connectivity index (χ3n) is 3.70. The highest BCUT2D eigenvalue weighted by atomic mass is 16.5. The summed E-state index contributed by atoms with van der Waals surface area (Å²) in [6.07, 6.45) is 2.39. The van der Waals surface area contributed by atoms with Crippen LogP contribution in [0.25, 0.3) is 0 Å². The lowest BCUT2D eigenvalue weighted by atomic mass is 10.2. The van der Waals surface area contributed by atoms with Crippen molar-refractivity contribution in [2.24, 2.45) is 0 Å². The van der Waals surface area contributed by atoms with Crippen molar-refractivity contribution in [2.75, 3.05) is 33.7 Å². The maximum atomic E-state index is 5.41. The van der Waals surface area contributed by atoms with Crippen molar-refractivity contribution in [2.45, 2.75) is 38.9 Å². The van der Waals surface area contributed by atoms with E-state index in [-0.39, 0.29) is 0 Å². The fourth-order valence-corrected chi connectivity index (χ4v) is 2.50. The van der Waals surface area contributed by atoms with Gasteiger partial charge in [-0.2, -0.15) is 0 Å². The van der Waals surface area contributed by atoms with Crippen LogP contribution in [0.5, 0.6) is 0 Å². The molecule has 0 amide bonds. The van der Waals surface area contributed by atoms with Gasteiger partial charge in [0.25, 0.3) is 0 Å². The molecule has 1 aromatic rings. The van der Waals surface area contributed by atoms with Crippen molar-refractivity contribution < 1.29 is 4.52 Å². The van der Waals surface area contributed by atoms with Crippen LogP contribution < -0.4 is 5.32 Å². The van der Waals surface area contributed by atoms with Crippen LogP contribution in [0.1, 0.15) is 31.2 Å². The minimum atomic E-state index is 0.675. The molecule has 108 valence electrons. The Hall–Kier alpha value is -0.910. The highest BCUT2D eigenvalue weighted by molar-refractivity contribution is 5.05. The first kappa shape index (κ1) is 14.5. The van der Waals surface area contributed by atoms with Gasteiger partial charge < -0.3 is 14.7 Å².